The molecule has 16 heteroatoms. The summed E-state index contributed by atoms with van der Waals surface area (Å²) in [5.74, 6) is -2.60. The summed E-state index contributed by atoms with van der Waals surface area (Å²) in [7, 11) is -6.23. The van der Waals surface area contributed by atoms with Gasteiger partial charge in [-0.15, -0.1) is 12.4 Å². The zero-order chi connectivity index (χ0) is 42.7. The van der Waals surface area contributed by atoms with Crippen LogP contribution in [-0.2, 0) is 24.4 Å². The summed E-state index contributed by atoms with van der Waals surface area (Å²) in [6.45, 7) is 0.361. The summed E-state index contributed by atoms with van der Waals surface area (Å²) < 4.78 is 126. The van der Waals surface area contributed by atoms with Gasteiger partial charge in [-0.1, -0.05) is 60.8 Å². The van der Waals surface area contributed by atoms with Gasteiger partial charge in [0.25, 0.3) is 0 Å². The quantitative estimate of drug-likeness (QED) is 0.155. The van der Waals surface area contributed by atoms with Gasteiger partial charge in [0.15, 0.2) is 42.8 Å². The van der Waals surface area contributed by atoms with Crippen molar-refractivity contribution in [3.8, 4) is 17.2 Å². The molecule has 2 unspecified atom stereocenters. The third-order valence-corrected chi connectivity index (χ3v) is 16.8. The molecular weight excluding hydrogens is 892 g/mol. The minimum atomic E-state index is -4.27. The SMILES string of the molecule is COc1ccccc1.Cl.Fc1ccc(F)c2c1OC[C@H]1CCCCC21.O.O=S(=O)(C[C@@H]1CC[C@@]2(S(=O)(=O)c3ccc(Cl)cc3)c3c(F)ccc(F)c3OCC2C1)c1ccccc1. The van der Waals surface area contributed by atoms with Crippen LogP contribution in [0, 0.1) is 41.0 Å². The van der Waals surface area contributed by atoms with Crippen LogP contribution in [0.5, 0.6) is 17.2 Å². The van der Waals surface area contributed by atoms with Crippen LogP contribution in [0.15, 0.2) is 119 Å². The molecule has 9 rings (SSSR count). The molecule has 5 aromatic rings. The molecule has 2 saturated carbocycles. The minimum absolute atomic E-state index is 0. The first-order chi connectivity index (χ1) is 28.8. The topological polar surface area (TPSA) is 127 Å². The third-order valence-electron chi connectivity index (χ3n) is 12.1. The van der Waals surface area contributed by atoms with Gasteiger partial charge in [-0.2, -0.15) is 0 Å². The first-order valence-corrected chi connectivity index (χ1v) is 23.4. The van der Waals surface area contributed by atoms with Crippen LogP contribution < -0.4 is 14.2 Å². The molecular formula is C46H48Cl2F4O8S2. The molecule has 2 fully saturated rings. The zero-order valence-corrected chi connectivity index (χ0v) is 37.0. The molecule has 0 aromatic heterocycles. The lowest BCUT2D eigenvalue weighted by Crippen LogP contribution is -2.52. The number of halogens is 6. The van der Waals surface area contributed by atoms with E-state index in [-0.39, 0.29) is 88.3 Å². The average Bonchev–Trinajstić information content (AvgIpc) is 3.26. The van der Waals surface area contributed by atoms with Gasteiger partial charge in [0.1, 0.15) is 22.1 Å². The van der Waals surface area contributed by atoms with Crippen molar-refractivity contribution in [2.75, 3.05) is 26.1 Å². The van der Waals surface area contributed by atoms with Crippen molar-refractivity contribution in [2.45, 2.75) is 65.4 Å². The molecule has 5 aromatic carbocycles. The summed E-state index contributed by atoms with van der Waals surface area (Å²) in [5, 5.41) is 0.336. The molecule has 4 aliphatic rings. The van der Waals surface area contributed by atoms with Crippen molar-refractivity contribution in [2.24, 2.45) is 17.8 Å². The number of benzene rings is 5. The van der Waals surface area contributed by atoms with E-state index in [2.05, 4.69) is 0 Å². The van der Waals surface area contributed by atoms with E-state index in [0.29, 0.717) is 23.1 Å². The number of hydrogen-bond acceptors (Lipinski definition) is 7. The van der Waals surface area contributed by atoms with Gasteiger partial charge in [0.2, 0.25) is 0 Å². The van der Waals surface area contributed by atoms with Crippen molar-refractivity contribution in [3.05, 3.63) is 149 Å². The molecule has 0 amide bonds. The third kappa shape index (κ3) is 9.74. The highest BCUT2D eigenvalue weighted by Gasteiger charge is 2.60. The monoisotopic (exact) mass is 938 g/mol. The summed E-state index contributed by atoms with van der Waals surface area (Å²) in [4.78, 5) is 0.123. The van der Waals surface area contributed by atoms with Crippen LogP contribution in [-0.4, -0.2) is 48.4 Å². The first-order valence-electron chi connectivity index (χ1n) is 19.9. The van der Waals surface area contributed by atoms with E-state index in [0.717, 1.165) is 43.2 Å². The van der Waals surface area contributed by atoms with Gasteiger partial charge in [0, 0.05) is 22.4 Å². The van der Waals surface area contributed by atoms with E-state index in [4.69, 9.17) is 25.8 Å². The van der Waals surface area contributed by atoms with Crippen LogP contribution in [0.4, 0.5) is 17.6 Å². The van der Waals surface area contributed by atoms with E-state index in [1.54, 1.807) is 25.3 Å². The van der Waals surface area contributed by atoms with Crippen LogP contribution >= 0.6 is 24.0 Å². The van der Waals surface area contributed by atoms with E-state index >= 15 is 4.39 Å². The van der Waals surface area contributed by atoms with Crippen LogP contribution in [0.1, 0.15) is 62.0 Å². The second kappa shape index (κ2) is 20.4. The van der Waals surface area contributed by atoms with Crippen molar-refractivity contribution in [1.82, 2.24) is 0 Å². The van der Waals surface area contributed by atoms with E-state index in [9.17, 15) is 30.0 Å². The van der Waals surface area contributed by atoms with Gasteiger partial charge in [-0.3, -0.25) is 0 Å². The van der Waals surface area contributed by atoms with Crippen molar-refractivity contribution in [1.29, 1.82) is 0 Å². The van der Waals surface area contributed by atoms with Crippen molar-refractivity contribution in [3.63, 3.8) is 0 Å². The Labute approximate surface area is 371 Å². The second-order valence-electron chi connectivity index (χ2n) is 15.6. The number of rotatable bonds is 6. The molecule has 5 atom stereocenters. The fourth-order valence-corrected chi connectivity index (χ4v) is 13.4. The number of para-hydroxylation sites is 1. The Bertz CT molecular complexity index is 2520. The lowest BCUT2D eigenvalue weighted by Gasteiger charge is -2.49. The van der Waals surface area contributed by atoms with Crippen LogP contribution in [0.2, 0.25) is 5.02 Å². The van der Waals surface area contributed by atoms with Crippen molar-refractivity contribution >= 4 is 43.7 Å². The summed E-state index contributed by atoms with van der Waals surface area (Å²) >= 11 is 5.96. The largest absolute Gasteiger partial charge is 0.497 e. The molecule has 62 heavy (non-hydrogen) atoms. The van der Waals surface area contributed by atoms with E-state index < -0.39 is 53.5 Å². The Balaban J connectivity index is 0.000000229. The molecule has 2 aliphatic carbocycles. The Kier molecular flexibility index (Phi) is 16.1. The molecule has 0 saturated heterocycles. The molecule has 2 heterocycles. The Morgan fingerprint density at radius 1 is 0.694 bits per heavy atom. The maximum absolute atomic E-state index is 15.3. The lowest BCUT2D eigenvalue weighted by atomic mass is 9.69. The average molecular weight is 940 g/mol. The number of ether oxygens (including phenoxy) is 3. The Hall–Kier alpha value is -4.34. The molecule has 8 nitrogen and oxygen atoms in total. The number of methoxy groups -OCH3 is 1. The normalized spacial score (nSPS) is 22.2. The molecule has 0 radical (unpaired) electrons. The van der Waals surface area contributed by atoms with Gasteiger partial charge in [-0.05, 0) is 117 Å². The van der Waals surface area contributed by atoms with Crippen molar-refractivity contribution < 1.29 is 54.1 Å². The van der Waals surface area contributed by atoms with Crippen LogP contribution in [0.25, 0.3) is 0 Å². The van der Waals surface area contributed by atoms with E-state index in [1.807, 2.05) is 30.3 Å². The highest BCUT2D eigenvalue weighted by molar-refractivity contribution is 7.92. The van der Waals surface area contributed by atoms with Gasteiger partial charge >= 0.3 is 0 Å². The van der Waals surface area contributed by atoms with Crippen LogP contribution in [0.3, 0.4) is 0 Å². The standard InChI is InChI=1S/C26H23ClF2O5S2.C13H14F2O.C7H8O.ClH.H2O/c27-19-6-8-21(9-7-19)36(32,33)26-13-12-17(16-35(30,31)20-4-2-1-3-5-20)14-18(26)15-34-25-23(29)11-10-22(28)24(25)26;14-10-5-6-11(15)13-12(10)9-4-2-1-3-8(9)7-16-13;1-8-7-5-3-2-4-6-7;;/h1-11,17-18H,12-16H2;5-6,8-9H,1-4,7H2;2-6H,1H3;1H;1H2/t17-,18?,26+;8-,9?;;;/m11.../s1. The summed E-state index contributed by atoms with van der Waals surface area (Å²) in [6, 6.07) is 27.5. The fraction of sp³-hybridized carbons (Fsp3) is 0.348. The Morgan fingerprint density at radius 2 is 1.27 bits per heavy atom. The number of hydrogen-bond donors (Lipinski definition) is 0. The van der Waals surface area contributed by atoms with E-state index in [1.165, 1.54) is 48.9 Å². The Morgan fingerprint density at radius 3 is 1.92 bits per heavy atom. The maximum atomic E-state index is 15.3. The number of sulfone groups is 2. The number of fused-ring (bicyclic) bond motifs is 6. The maximum Gasteiger partial charge on any atom is 0.188 e. The lowest BCUT2D eigenvalue weighted by molar-refractivity contribution is 0.103. The smallest absolute Gasteiger partial charge is 0.188 e. The molecule has 0 bridgehead atoms. The van der Waals surface area contributed by atoms with Gasteiger partial charge < -0.3 is 19.7 Å². The summed E-state index contributed by atoms with van der Waals surface area (Å²) in [5.41, 5.74) is 0.161. The fourth-order valence-electron chi connectivity index (χ4n) is 9.19. The predicted molar refractivity (Wildman–Crippen MR) is 232 cm³/mol. The van der Waals surface area contributed by atoms with Gasteiger partial charge in [0.05, 0.1) is 41.4 Å². The minimum Gasteiger partial charge on any atom is -0.497 e. The molecule has 334 valence electrons. The molecule has 0 spiro atoms. The predicted octanol–water partition coefficient (Wildman–Crippen LogP) is 10.5. The highest BCUT2D eigenvalue weighted by Crippen LogP contribution is 2.58. The second-order valence-corrected chi connectivity index (χ2v) is 20.3. The summed E-state index contributed by atoms with van der Waals surface area (Å²) in [6.07, 6.45) is 4.60. The molecule has 2 N–H and O–H groups in total. The zero-order valence-electron chi connectivity index (χ0n) is 33.7. The first kappa shape index (κ1) is 48.7. The van der Waals surface area contributed by atoms with Gasteiger partial charge in [-0.25, -0.2) is 34.4 Å². The molecule has 2 aliphatic heterocycles. The highest BCUT2D eigenvalue weighted by atomic mass is 35.5.